The third-order valence-corrected chi connectivity index (χ3v) is 5.98. The Morgan fingerprint density at radius 1 is 1.09 bits per heavy atom. The van der Waals surface area contributed by atoms with Gasteiger partial charge < -0.3 is 19.4 Å². The van der Waals surface area contributed by atoms with E-state index in [1.807, 2.05) is 0 Å². The van der Waals surface area contributed by atoms with Gasteiger partial charge in [-0.2, -0.15) is 0 Å². The molecule has 2 aromatic carbocycles. The summed E-state index contributed by atoms with van der Waals surface area (Å²) in [5, 5.41) is 3.10. The predicted octanol–water partition coefficient (Wildman–Crippen LogP) is 4.87. The summed E-state index contributed by atoms with van der Waals surface area (Å²) < 4.78 is 25.2. The van der Waals surface area contributed by atoms with Gasteiger partial charge in [-0.3, -0.25) is 9.59 Å². The lowest BCUT2D eigenvalue weighted by Crippen LogP contribution is -2.46. The lowest BCUT2D eigenvalue weighted by atomic mass is 10.0. The fourth-order valence-electron chi connectivity index (χ4n) is 4.24. The average molecular weight is 451 g/mol. The standard InChI is InChI=1S/C26H27FN2O4/c1-32-21-14-12-18(13-15-21)24(25(30)28-20-8-3-4-9-20)29(26(31)23-11-6-16-33-23)17-19-7-2-5-10-22(19)27/h2,5-7,10-16,20,24H,3-4,8-9,17H2,1H3,(H,28,30)/t24-/m0/s1. The number of carbonyl (C=O) groups excluding carboxylic acids is 2. The highest BCUT2D eigenvalue weighted by molar-refractivity contribution is 5.96. The fourth-order valence-corrected chi connectivity index (χ4v) is 4.24. The SMILES string of the molecule is COc1ccc([C@@H](C(=O)NC2CCCC2)N(Cc2ccccc2F)C(=O)c2ccco2)cc1. The maximum atomic E-state index is 14.6. The molecule has 0 unspecified atom stereocenters. The molecule has 1 N–H and O–H groups in total. The normalized spacial score (nSPS) is 14.6. The van der Waals surface area contributed by atoms with Crippen molar-refractivity contribution in [3.63, 3.8) is 0 Å². The molecule has 1 aliphatic rings. The quantitative estimate of drug-likeness (QED) is 0.532. The number of hydrogen-bond donors (Lipinski definition) is 1. The molecule has 1 aromatic heterocycles. The minimum atomic E-state index is -0.978. The van der Waals surface area contributed by atoms with Gasteiger partial charge in [-0.25, -0.2) is 4.39 Å². The van der Waals surface area contributed by atoms with Crippen LogP contribution < -0.4 is 10.1 Å². The first kappa shape index (κ1) is 22.6. The Balaban J connectivity index is 1.75. The second-order valence-corrected chi connectivity index (χ2v) is 8.17. The van der Waals surface area contributed by atoms with Crippen LogP contribution in [0.25, 0.3) is 0 Å². The number of hydrogen-bond acceptors (Lipinski definition) is 4. The number of rotatable bonds is 8. The van der Waals surface area contributed by atoms with Crippen molar-refractivity contribution >= 4 is 11.8 Å². The highest BCUT2D eigenvalue weighted by Crippen LogP contribution is 2.29. The molecule has 0 spiro atoms. The number of benzene rings is 2. The summed E-state index contributed by atoms with van der Waals surface area (Å²) in [6.07, 6.45) is 5.32. The largest absolute Gasteiger partial charge is 0.497 e. The summed E-state index contributed by atoms with van der Waals surface area (Å²) in [6, 6.07) is 15.5. The van der Waals surface area contributed by atoms with Crippen molar-refractivity contribution in [2.75, 3.05) is 7.11 Å². The number of nitrogens with zero attached hydrogens (tertiary/aromatic N) is 1. The maximum Gasteiger partial charge on any atom is 0.290 e. The van der Waals surface area contributed by atoms with Crippen LogP contribution in [0.5, 0.6) is 5.75 Å². The van der Waals surface area contributed by atoms with Crippen LogP contribution in [0.15, 0.2) is 71.3 Å². The third kappa shape index (κ3) is 5.25. The number of furan rings is 1. The summed E-state index contributed by atoms with van der Waals surface area (Å²) in [5.41, 5.74) is 0.909. The molecule has 7 heteroatoms. The molecule has 1 atom stereocenters. The lowest BCUT2D eigenvalue weighted by molar-refractivity contribution is -0.126. The van der Waals surface area contributed by atoms with E-state index in [4.69, 9.17) is 9.15 Å². The summed E-state index contributed by atoms with van der Waals surface area (Å²) >= 11 is 0. The van der Waals surface area contributed by atoms with Crippen molar-refractivity contribution in [3.05, 3.63) is 89.6 Å². The topological polar surface area (TPSA) is 71.8 Å². The van der Waals surface area contributed by atoms with Crippen molar-refractivity contribution in [2.45, 2.75) is 44.3 Å². The van der Waals surface area contributed by atoms with Gasteiger partial charge in [0.05, 0.1) is 19.9 Å². The molecule has 0 saturated heterocycles. The minimum absolute atomic E-state index is 0.0623. The molecule has 1 saturated carbocycles. The molecule has 4 rings (SSSR count). The van der Waals surface area contributed by atoms with E-state index >= 15 is 0 Å². The zero-order valence-corrected chi connectivity index (χ0v) is 18.5. The summed E-state index contributed by atoms with van der Waals surface area (Å²) in [5.74, 6) is -0.529. The first-order valence-corrected chi connectivity index (χ1v) is 11.1. The molecule has 172 valence electrons. The molecule has 1 heterocycles. The summed E-state index contributed by atoms with van der Waals surface area (Å²) in [6.45, 7) is -0.0962. The van der Waals surface area contributed by atoms with Gasteiger partial charge in [0.1, 0.15) is 17.6 Å². The van der Waals surface area contributed by atoms with Gasteiger partial charge in [-0.15, -0.1) is 0 Å². The van der Waals surface area contributed by atoms with Crippen molar-refractivity contribution in [1.82, 2.24) is 10.2 Å². The van der Waals surface area contributed by atoms with Crippen LogP contribution >= 0.6 is 0 Å². The van der Waals surface area contributed by atoms with Crippen molar-refractivity contribution < 1.29 is 23.1 Å². The number of ether oxygens (including phenoxy) is 1. The lowest BCUT2D eigenvalue weighted by Gasteiger charge is -2.32. The van der Waals surface area contributed by atoms with E-state index in [1.165, 1.54) is 23.3 Å². The Morgan fingerprint density at radius 3 is 2.45 bits per heavy atom. The van der Waals surface area contributed by atoms with Crippen LogP contribution in [0.1, 0.15) is 53.4 Å². The monoisotopic (exact) mass is 450 g/mol. The average Bonchev–Trinajstić information content (AvgIpc) is 3.54. The van der Waals surface area contributed by atoms with Gasteiger partial charge in [0.2, 0.25) is 5.91 Å². The van der Waals surface area contributed by atoms with Crippen molar-refractivity contribution in [1.29, 1.82) is 0 Å². The Hall–Kier alpha value is -3.61. The van der Waals surface area contributed by atoms with Gasteiger partial charge in [-0.05, 0) is 48.7 Å². The van der Waals surface area contributed by atoms with Crippen LogP contribution in [0, 0.1) is 5.82 Å². The van der Waals surface area contributed by atoms with Gasteiger partial charge in [0.15, 0.2) is 5.76 Å². The second kappa shape index (κ2) is 10.3. The van der Waals surface area contributed by atoms with Gasteiger partial charge >= 0.3 is 0 Å². The van der Waals surface area contributed by atoms with Gasteiger partial charge in [0, 0.05) is 11.6 Å². The molecule has 0 radical (unpaired) electrons. The maximum absolute atomic E-state index is 14.6. The molecule has 1 aliphatic carbocycles. The van der Waals surface area contributed by atoms with Gasteiger partial charge in [0.25, 0.3) is 5.91 Å². The number of methoxy groups -OCH3 is 1. The minimum Gasteiger partial charge on any atom is -0.497 e. The predicted molar refractivity (Wildman–Crippen MR) is 121 cm³/mol. The van der Waals surface area contributed by atoms with E-state index < -0.39 is 17.8 Å². The first-order chi connectivity index (χ1) is 16.1. The van der Waals surface area contributed by atoms with Crippen LogP contribution in [0.3, 0.4) is 0 Å². The molecule has 1 fully saturated rings. The summed E-state index contributed by atoms with van der Waals surface area (Å²) in [4.78, 5) is 28.5. The number of halogens is 1. The second-order valence-electron chi connectivity index (χ2n) is 8.17. The molecule has 3 aromatic rings. The third-order valence-electron chi connectivity index (χ3n) is 5.98. The number of carbonyl (C=O) groups is 2. The van der Waals surface area contributed by atoms with E-state index in [9.17, 15) is 14.0 Å². The van der Waals surface area contributed by atoms with Crippen LogP contribution in [-0.2, 0) is 11.3 Å². The number of nitrogens with one attached hydrogen (secondary N) is 1. The Kier molecular flexibility index (Phi) is 7.07. The van der Waals surface area contributed by atoms with Crippen LogP contribution in [0.4, 0.5) is 4.39 Å². The molecule has 0 bridgehead atoms. The fraction of sp³-hybridized carbons (Fsp3) is 0.308. The van der Waals surface area contributed by atoms with Crippen molar-refractivity contribution in [2.24, 2.45) is 0 Å². The van der Waals surface area contributed by atoms with Crippen LogP contribution in [0.2, 0.25) is 0 Å². The Morgan fingerprint density at radius 2 is 1.82 bits per heavy atom. The molecular weight excluding hydrogens is 423 g/mol. The summed E-state index contributed by atoms with van der Waals surface area (Å²) in [7, 11) is 1.56. The zero-order chi connectivity index (χ0) is 23.2. The first-order valence-electron chi connectivity index (χ1n) is 11.1. The number of amides is 2. The molecule has 33 heavy (non-hydrogen) atoms. The van der Waals surface area contributed by atoms with Crippen LogP contribution in [-0.4, -0.2) is 29.9 Å². The molecule has 6 nitrogen and oxygen atoms in total. The smallest absolute Gasteiger partial charge is 0.290 e. The van der Waals surface area contributed by atoms with E-state index in [0.29, 0.717) is 16.9 Å². The van der Waals surface area contributed by atoms with E-state index in [1.54, 1.807) is 55.6 Å². The van der Waals surface area contributed by atoms with E-state index in [0.717, 1.165) is 25.7 Å². The van der Waals surface area contributed by atoms with E-state index in [-0.39, 0.29) is 24.3 Å². The van der Waals surface area contributed by atoms with Gasteiger partial charge in [-0.1, -0.05) is 43.2 Å². The Labute approximate surface area is 192 Å². The van der Waals surface area contributed by atoms with E-state index in [2.05, 4.69) is 5.32 Å². The molecule has 2 amide bonds. The Bertz CT molecular complexity index is 1080. The molecular formula is C26H27FN2O4. The molecule has 0 aliphatic heterocycles. The highest BCUT2D eigenvalue weighted by Gasteiger charge is 2.35. The van der Waals surface area contributed by atoms with Crippen molar-refractivity contribution in [3.8, 4) is 5.75 Å². The highest BCUT2D eigenvalue weighted by atomic mass is 19.1. The zero-order valence-electron chi connectivity index (χ0n) is 18.5.